The lowest BCUT2D eigenvalue weighted by molar-refractivity contribution is 0.268. The highest BCUT2D eigenvalue weighted by Gasteiger charge is 2.10. The summed E-state index contributed by atoms with van der Waals surface area (Å²) in [4.78, 5) is 0. The molecule has 4 nitrogen and oxygen atoms in total. The molecule has 6 heteroatoms. The summed E-state index contributed by atoms with van der Waals surface area (Å²) < 4.78 is 3.28. The normalized spacial score (nSPS) is 10.8. The Hall–Kier alpha value is -0.980. The van der Waals surface area contributed by atoms with Gasteiger partial charge in [0.1, 0.15) is 6.61 Å². The van der Waals surface area contributed by atoms with Gasteiger partial charge in [0.25, 0.3) is 0 Å². The summed E-state index contributed by atoms with van der Waals surface area (Å²) in [5.74, 6) is 0.520. The number of benzene rings is 1. The molecule has 2 rings (SSSR count). The molecule has 0 aliphatic rings. The number of nitrogens with zero attached hydrogens (tertiary/aromatic N) is 2. The van der Waals surface area contributed by atoms with Crippen molar-refractivity contribution >= 4 is 28.1 Å². The first-order chi connectivity index (χ1) is 8.17. The molecule has 0 unspecified atom stereocenters. The van der Waals surface area contributed by atoms with E-state index in [0.717, 1.165) is 22.1 Å². The number of aromatic amines is 1. The number of aliphatic hydroxyl groups excluding tert-OH is 1. The third-order valence-corrected chi connectivity index (χ3v) is 3.31. The van der Waals surface area contributed by atoms with E-state index in [2.05, 4.69) is 33.1 Å². The molecule has 1 aromatic heterocycles. The molecule has 17 heavy (non-hydrogen) atoms. The first-order valence-corrected chi connectivity index (χ1v) is 6.43. The molecule has 0 spiro atoms. The molecular formula is C11H12BrN3OS. The van der Waals surface area contributed by atoms with Gasteiger partial charge in [-0.15, -0.1) is 0 Å². The molecule has 0 bridgehead atoms. The molecule has 1 aromatic carbocycles. The summed E-state index contributed by atoms with van der Waals surface area (Å²) in [6, 6.07) is 5.96. The van der Waals surface area contributed by atoms with Gasteiger partial charge in [0, 0.05) is 4.47 Å². The summed E-state index contributed by atoms with van der Waals surface area (Å²) in [5, 5.41) is 15.9. The summed E-state index contributed by atoms with van der Waals surface area (Å²) in [6.07, 6.45) is 0.882. The number of nitrogens with one attached hydrogen (secondary N) is 1. The van der Waals surface area contributed by atoms with Crippen LogP contribution in [0.25, 0.3) is 5.69 Å². The SMILES string of the molecule is CCc1cc(Br)ccc1-n1c(CO)n[nH]c1=S. The van der Waals surface area contributed by atoms with E-state index in [-0.39, 0.29) is 6.61 Å². The van der Waals surface area contributed by atoms with E-state index in [4.69, 9.17) is 12.2 Å². The van der Waals surface area contributed by atoms with Gasteiger partial charge in [0.05, 0.1) is 5.69 Å². The fourth-order valence-electron chi connectivity index (χ4n) is 1.74. The second kappa shape index (κ2) is 5.12. The third kappa shape index (κ3) is 2.34. The maximum Gasteiger partial charge on any atom is 0.199 e. The highest BCUT2D eigenvalue weighted by atomic mass is 79.9. The quantitative estimate of drug-likeness (QED) is 0.857. The molecule has 0 aliphatic carbocycles. The van der Waals surface area contributed by atoms with E-state index < -0.39 is 0 Å². The lowest BCUT2D eigenvalue weighted by Gasteiger charge is -2.10. The Morgan fingerprint density at radius 1 is 1.53 bits per heavy atom. The standard InChI is InChI=1S/C11H12BrN3OS/c1-2-7-5-8(12)3-4-9(7)15-10(6-16)13-14-11(15)17/h3-5,16H,2,6H2,1H3,(H,14,17). The molecular weight excluding hydrogens is 302 g/mol. The number of H-pyrrole nitrogens is 1. The maximum absolute atomic E-state index is 9.25. The van der Waals surface area contributed by atoms with Gasteiger partial charge in [-0.3, -0.25) is 9.67 Å². The predicted octanol–water partition coefficient (Wildman–Crippen LogP) is 2.75. The van der Waals surface area contributed by atoms with Gasteiger partial charge >= 0.3 is 0 Å². The van der Waals surface area contributed by atoms with Gasteiger partial charge in [-0.2, -0.15) is 5.10 Å². The Kier molecular flexibility index (Phi) is 3.76. The number of rotatable bonds is 3. The Morgan fingerprint density at radius 2 is 2.29 bits per heavy atom. The van der Waals surface area contributed by atoms with E-state index in [0.29, 0.717) is 10.6 Å². The molecule has 90 valence electrons. The number of hydrogen-bond donors (Lipinski definition) is 2. The second-order valence-electron chi connectivity index (χ2n) is 3.57. The molecule has 0 aliphatic heterocycles. The maximum atomic E-state index is 9.25. The monoisotopic (exact) mass is 313 g/mol. The molecule has 0 saturated carbocycles. The van der Waals surface area contributed by atoms with Gasteiger partial charge < -0.3 is 5.11 Å². The first kappa shape index (κ1) is 12.5. The van der Waals surface area contributed by atoms with E-state index in [1.165, 1.54) is 0 Å². The van der Waals surface area contributed by atoms with Gasteiger partial charge in [0.2, 0.25) is 0 Å². The molecule has 0 fully saturated rings. The smallest absolute Gasteiger partial charge is 0.199 e. The van der Waals surface area contributed by atoms with Gasteiger partial charge in [-0.25, -0.2) is 0 Å². The predicted molar refractivity (Wildman–Crippen MR) is 71.7 cm³/mol. The van der Waals surface area contributed by atoms with Gasteiger partial charge in [0.15, 0.2) is 10.6 Å². The zero-order chi connectivity index (χ0) is 12.4. The fraction of sp³-hybridized carbons (Fsp3) is 0.273. The Balaban J connectivity index is 2.67. The first-order valence-electron chi connectivity index (χ1n) is 5.23. The van der Waals surface area contributed by atoms with Crippen LogP contribution in [0.3, 0.4) is 0 Å². The molecule has 0 atom stereocenters. The topological polar surface area (TPSA) is 53.8 Å². The van der Waals surface area contributed by atoms with Crippen molar-refractivity contribution in [1.82, 2.24) is 14.8 Å². The minimum atomic E-state index is -0.146. The summed E-state index contributed by atoms with van der Waals surface area (Å²) in [5.41, 5.74) is 2.10. The Labute approximate surface area is 112 Å². The summed E-state index contributed by atoms with van der Waals surface area (Å²) in [7, 11) is 0. The van der Waals surface area contributed by atoms with E-state index in [9.17, 15) is 5.11 Å². The number of aryl methyl sites for hydroxylation is 1. The molecule has 0 saturated heterocycles. The molecule has 0 radical (unpaired) electrons. The summed E-state index contributed by atoms with van der Waals surface area (Å²) in [6.45, 7) is 1.93. The lowest BCUT2D eigenvalue weighted by atomic mass is 10.1. The fourth-order valence-corrected chi connectivity index (χ4v) is 2.40. The van der Waals surface area contributed by atoms with Crippen LogP contribution in [0.5, 0.6) is 0 Å². The van der Waals surface area contributed by atoms with Crippen LogP contribution in [0.4, 0.5) is 0 Å². The lowest BCUT2D eigenvalue weighted by Crippen LogP contribution is -2.04. The van der Waals surface area contributed by atoms with Crippen molar-refractivity contribution < 1.29 is 5.11 Å². The van der Waals surface area contributed by atoms with Crippen LogP contribution in [0.15, 0.2) is 22.7 Å². The van der Waals surface area contributed by atoms with Crippen LogP contribution < -0.4 is 0 Å². The minimum absolute atomic E-state index is 0.146. The third-order valence-electron chi connectivity index (χ3n) is 2.55. The zero-order valence-electron chi connectivity index (χ0n) is 9.27. The minimum Gasteiger partial charge on any atom is -0.388 e. The average molecular weight is 314 g/mol. The van der Waals surface area contributed by atoms with Gasteiger partial charge in [-0.05, 0) is 42.4 Å². The van der Waals surface area contributed by atoms with Crippen LogP contribution in [-0.2, 0) is 13.0 Å². The molecule has 1 heterocycles. The molecule has 0 amide bonds. The van der Waals surface area contributed by atoms with Crippen molar-refractivity contribution in [3.63, 3.8) is 0 Å². The van der Waals surface area contributed by atoms with Gasteiger partial charge in [-0.1, -0.05) is 22.9 Å². The Morgan fingerprint density at radius 3 is 2.94 bits per heavy atom. The van der Waals surface area contributed by atoms with Crippen molar-refractivity contribution in [1.29, 1.82) is 0 Å². The highest BCUT2D eigenvalue weighted by Crippen LogP contribution is 2.22. The molecule has 2 N–H and O–H groups in total. The Bertz CT molecular complexity index is 591. The average Bonchev–Trinajstić information content (AvgIpc) is 2.70. The van der Waals surface area contributed by atoms with Crippen LogP contribution in [0.2, 0.25) is 0 Å². The van der Waals surface area contributed by atoms with Crippen LogP contribution >= 0.6 is 28.1 Å². The number of aromatic nitrogens is 3. The second-order valence-corrected chi connectivity index (χ2v) is 4.87. The largest absolute Gasteiger partial charge is 0.388 e. The van der Waals surface area contributed by atoms with E-state index >= 15 is 0 Å². The van der Waals surface area contributed by atoms with Crippen molar-refractivity contribution in [2.45, 2.75) is 20.0 Å². The molecule has 2 aromatic rings. The highest BCUT2D eigenvalue weighted by molar-refractivity contribution is 9.10. The number of halogens is 1. The summed E-state index contributed by atoms with van der Waals surface area (Å²) >= 11 is 8.63. The van der Waals surface area contributed by atoms with Crippen molar-refractivity contribution in [2.75, 3.05) is 0 Å². The number of aliphatic hydroxyl groups is 1. The van der Waals surface area contributed by atoms with Crippen LogP contribution in [-0.4, -0.2) is 19.9 Å². The number of hydrogen-bond acceptors (Lipinski definition) is 3. The van der Waals surface area contributed by atoms with E-state index in [1.807, 2.05) is 18.2 Å². The van der Waals surface area contributed by atoms with Crippen LogP contribution in [0.1, 0.15) is 18.3 Å². The zero-order valence-corrected chi connectivity index (χ0v) is 11.7. The van der Waals surface area contributed by atoms with Crippen molar-refractivity contribution in [3.05, 3.63) is 38.8 Å². The van der Waals surface area contributed by atoms with Crippen LogP contribution in [0, 0.1) is 4.77 Å². The van der Waals surface area contributed by atoms with Crippen molar-refractivity contribution in [2.24, 2.45) is 0 Å². The van der Waals surface area contributed by atoms with E-state index in [1.54, 1.807) is 4.57 Å². The van der Waals surface area contributed by atoms with Crippen molar-refractivity contribution in [3.8, 4) is 5.69 Å².